The Balaban J connectivity index is 2.23. The van der Waals surface area contributed by atoms with Crippen molar-refractivity contribution in [3.05, 3.63) is 64.2 Å². The van der Waals surface area contributed by atoms with Crippen molar-refractivity contribution in [3.63, 3.8) is 0 Å². The highest BCUT2D eigenvalue weighted by Crippen LogP contribution is 2.28. The fourth-order valence-corrected chi connectivity index (χ4v) is 1.95. The van der Waals surface area contributed by atoms with Crippen LogP contribution < -0.4 is 10.5 Å². The first kappa shape index (κ1) is 14.7. The monoisotopic (exact) mass is 313 g/mol. The molecule has 2 nitrogen and oxygen atoms in total. The van der Waals surface area contributed by atoms with Crippen LogP contribution in [0, 0.1) is 11.6 Å². The van der Waals surface area contributed by atoms with E-state index in [4.69, 9.17) is 34.3 Å². The summed E-state index contributed by atoms with van der Waals surface area (Å²) in [5.74, 6) is -1.21. The Hall–Kier alpha value is -1.72. The zero-order valence-corrected chi connectivity index (χ0v) is 11.8. The Labute approximate surface area is 125 Å². The molecular weight excluding hydrogens is 304 g/mol. The minimum atomic E-state index is -0.608. The van der Waals surface area contributed by atoms with Crippen molar-refractivity contribution in [2.75, 3.05) is 0 Å². The molecule has 6 heteroatoms. The van der Waals surface area contributed by atoms with E-state index >= 15 is 0 Å². The summed E-state index contributed by atoms with van der Waals surface area (Å²) in [5.41, 5.74) is 6.21. The molecule has 0 saturated carbocycles. The summed E-state index contributed by atoms with van der Waals surface area (Å²) in [6.07, 6.45) is 0. The number of rotatable bonds is 4. The first-order chi connectivity index (χ1) is 9.49. The van der Waals surface area contributed by atoms with E-state index in [0.29, 0.717) is 5.56 Å². The lowest BCUT2D eigenvalue weighted by Crippen LogP contribution is -2.11. The number of benzene rings is 2. The van der Waals surface area contributed by atoms with Crippen molar-refractivity contribution in [3.8, 4) is 5.75 Å². The Morgan fingerprint density at radius 2 is 1.95 bits per heavy atom. The van der Waals surface area contributed by atoms with Gasteiger partial charge in [0.25, 0.3) is 0 Å². The molecule has 0 radical (unpaired) electrons. The van der Waals surface area contributed by atoms with Crippen LogP contribution in [0.4, 0.5) is 8.78 Å². The topological polar surface area (TPSA) is 35.2 Å². The Morgan fingerprint density at radius 1 is 1.20 bits per heavy atom. The summed E-state index contributed by atoms with van der Waals surface area (Å²) in [6, 6.07) is 8.32. The van der Waals surface area contributed by atoms with Gasteiger partial charge in [0.15, 0.2) is 11.6 Å². The number of para-hydroxylation sites is 1. The van der Waals surface area contributed by atoms with Crippen LogP contribution in [0.2, 0.25) is 5.02 Å². The van der Waals surface area contributed by atoms with Crippen LogP contribution in [0.3, 0.4) is 0 Å². The lowest BCUT2D eigenvalue weighted by Gasteiger charge is -2.10. The van der Waals surface area contributed by atoms with Crippen LogP contribution in [0.1, 0.15) is 11.1 Å². The minimum absolute atomic E-state index is 0.116. The third-order valence-electron chi connectivity index (χ3n) is 2.62. The SMILES string of the molecule is NC(=S)c1ccc(F)c(COc2c(F)cccc2Cl)c1. The molecule has 2 aromatic rings. The summed E-state index contributed by atoms with van der Waals surface area (Å²) in [7, 11) is 0. The van der Waals surface area contributed by atoms with Gasteiger partial charge in [0.2, 0.25) is 0 Å². The first-order valence-electron chi connectivity index (χ1n) is 5.64. The average molecular weight is 314 g/mol. The van der Waals surface area contributed by atoms with Crippen LogP contribution in [-0.2, 0) is 6.61 Å². The van der Waals surface area contributed by atoms with Gasteiger partial charge in [0, 0.05) is 11.1 Å². The van der Waals surface area contributed by atoms with Crippen molar-refractivity contribution in [2.45, 2.75) is 6.61 Å². The maximum Gasteiger partial charge on any atom is 0.174 e. The number of halogens is 3. The highest BCUT2D eigenvalue weighted by Gasteiger charge is 2.11. The molecule has 104 valence electrons. The van der Waals surface area contributed by atoms with Crippen molar-refractivity contribution < 1.29 is 13.5 Å². The summed E-state index contributed by atoms with van der Waals surface area (Å²) in [5, 5.41) is 0.121. The van der Waals surface area contributed by atoms with E-state index < -0.39 is 11.6 Å². The lowest BCUT2D eigenvalue weighted by atomic mass is 10.1. The predicted octanol–water partition coefficient (Wildman–Crippen LogP) is 3.83. The zero-order chi connectivity index (χ0) is 14.7. The van der Waals surface area contributed by atoms with Crippen molar-refractivity contribution in [2.24, 2.45) is 5.73 Å². The van der Waals surface area contributed by atoms with Crippen molar-refractivity contribution in [1.29, 1.82) is 0 Å². The maximum absolute atomic E-state index is 13.6. The number of hydrogen-bond donors (Lipinski definition) is 1. The van der Waals surface area contributed by atoms with Gasteiger partial charge in [0.1, 0.15) is 17.4 Å². The molecule has 0 atom stereocenters. The van der Waals surface area contributed by atoms with Gasteiger partial charge in [-0.3, -0.25) is 0 Å². The molecule has 0 aliphatic carbocycles. The van der Waals surface area contributed by atoms with Crippen LogP contribution in [-0.4, -0.2) is 4.99 Å². The number of ether oxygens (including phenoxy) is 1. The van der Waals surface area contributed by atoms with Crippen molar-refractivity contribution >= 4 is 28.8 Å². The third-order valence-corrected chi connectivity index (χ3v) is 3.15. The summed E-state index contributed by atoms with van der Waals surface area (Å²) < 4.78 is 32.4. The highest BCUT2D eigenvalue weighted by atomic mass is 35.5. The Kier molecular flexibility index (Phi) is 4.52. The molecule has 2 aromatic carbocycles. The molecule has 0 aliphatic heterocycles. The van der Waals surface area contributed by atoms with Gasteiger partial charge in [-0.25, -0.2) is 8.78 Å². The van der Waals surface area contributed by atoms with E-state index in [0.717, 1.165) is 0 Å². The minimum Gasteiger partial charge on any atom is -0.484 e. The standard InChI is InChI=1S/C14H10ClF2NOS/c15-10-2-1-3-12(17)13(10)19-7-9-6-8(14(18)20)4-5-11(9)16/h1-6H,7H2,(H2,18,20). The lowest BCUT2D eigenvalue weighted by molar-refractivity contribution is 0.285. The van der Waals surface area contributed by atoms with E-state index in [-0.39, 0.29) is 27.9 Å². The second-order valence-electron chi connectivity index (χ2n) is 4.01. The second-order valence-corrected chi connectivity index (χ2v) is 4.86. The predicted molar refractivity (Wildman–Crippen MR) is 78.0 cm³/mol. The summed E-state index contributed by atoms with van der Waals surface area (Å²) in [4.78, 5) is 0.148. The summed E-state index contributed by atoms with van der Waals surface area (Å²) >= 11 is 10.6. The fraction of sp³-hybridized carbons (Fsp3) is 0.0714. The first-order valence-corrected chi connectivity index (χ1v) is 6.42. The second kappa shape index (κ2) is 6.15. The quantitative estimate of drug-likeness (QED) is 0.871. The molecule has 0 aliphatic rings. The van der Waals surface area contributed by atoms with Crippen LogP contribution in [0.25, 0.3) is 0 Å². The van der Waals surface area contributed by atoms with Crippen LogP contribution in [0.5, 0.6) is 5.75 Å². The third kappa shape index (κ3) is 3.23. The van der Waals surface area contributed by atoms with E-state index in [1.807, 2.05) is 0 Å². The van der Waals surface area contributed by atoms with E-state index in [9.17, 15) is 8.78 Å². The smallest absolute Gasteiger partial charge is 0.174 e. The van der Waals surface area contributed by atoms with E-state index in [2.05, 4.69) is 0 Å². The number of thiocarbonyl (C=S) groups is 1. The van der Waals surface area contributed by atoms with Gasteiger partial charge in [-0.1, -0.05) is 29.9 Å². The molecule has 2 N–H and O–H groups in total. The van der Waals surface area contributed by atoms with E-state index in [1.165, 1.54) is 36.4 Å². The molecule has 20 heavy (non-hydrogen) atoms. The fourth-order valence-electron chi connectivity index (χ4n) is 1.61. The molecule has 0 aromatic heterocycles. The molecular formula is C14H10ClF2NOS. The van der Waals surface area contributed by atoms with E-state index in [1.54, 1.807) is 0 Å². The molecule has 0 bridgehead atoms. The number of nitrogens with two attached hydrogens (primary N) is 1. The van der Waals surface area contributed by atoms with Gasteiger partial charge in [-0.05, 0) is 30.3 Å². The Bertz CT molecular complexity index is 643. The Morgan fingerprint density at radius 3 is 2.60 bits per heavy atom. The van der Waals surface area contributed by atoms with Crippen molar-refractivity contribution in [1.82, 2.24) is 0 Å². The highest BCUT2D eigenvalue weighted by molar-refractivity contribution is 7.80. The largest absolute Gasteiger partial charge is 0.484 e. The molecule has 0 saturated heterocycles. The van der Waals surface area contributed by atoms with Gasteiger partial charge >= 0.3 is 0 Å². The van der Waals surface area contributed by atoms with Gasteiger partial charge in [0.05, 0.1) is 5.02 Å². The maximum atomic E-state index is 13.6. The molecule has 2 rings (SSSR count). The molecule has 0 amide bonds. The molecule has 0 heterocycles. The van der Waals surface area contributed by atoms with Crippen LogP contribution in [0.15, 0.2) is 36.4 Å². The van der Waals surface area contributed by atoms with Gasteiger partial charge < -0.3 is 10.5 Å². The van der Waals surface area contributed by atoms with Gasteiger partial charge in [-0.2, -0.15) is 0 Å². The van der Waals surface area contributed by atoms with Gasteiger partial charge in [-0.15, -0.1) is 0 Å². The normalized spacial score (nSPS) is 10.3. The molecule has 0 fully saturated rings. The number of hydrogen-bond acceptors (Lipinski definition) is 2. The average Bonchev–Trinajstić information content (AvgIpc) is 2.39. The zero-order valence-electron chi connectivity index (χ0n) is 10.2. The molecule has 0 unspecified atom stereocenters. The molecule has 0 spiro atoms. The van der Waals surface area contributed by atoms with Crippen LogP contribution >= 0.6 is 23.8 Å². The summed E-state index contributed by atoms with van der Waals surface area (Å²) in [6.45, 7) is -0.178.